The van der Waals surface area contributed by atoms with Crippen LogP contribution >= 0.6 is 0 Å². The number of benzene rings is 3. The summed E-state index contributed by atoms with van der Waals surface area (Å²) in [4.78, 5) is 8.78. The van der Waals surface area contributed by atoms with Crippen LogP contribution in [0.1, 0.15) is 29.2 Å². The summed E-state index contributed by atoms with van der Waals surface area (Å²) in [5.41, 5.74) is 13.0. The van der Waals surface area contributed by atoms with Crippen LogP contribution in [0.2, 0.25) is 0 Å². The second-order valence-corrected chi connectivity index (χ2v) is 10.9. The number of halogens is 1. The van der Waals surface area contributed by atoms with Crippen molar-refractivity contribution in [3.05, 3.63) is 101 Å². The lowest BCUT2D eigenvalue weighted by Crippen LogP contribution is -2.47. The van der Waals surface area contributed by atoms with Crippen LogP contribution in [0.5, 0.6) is 0 Å². The largest absolute Gasteiger partial charge is 0.368 e. The van der Waals surface area contributed by atoms with Crippen molar-refractivity contribution in [1.82, 2.24) is 29.9 Å². The summed E-state index contributed by atoms with van der Waals surface area (Å²) < 4.78 is 16.9. The molecule has 2 aromatic heterocycles. The number of nitrogens with one attached hydrogen (secondary N) is 1. The Morgan fingerprint density at radius 2 is 1.71 bits per heavy atom. The first kappa shape index (κ1) is 26.1. The minimum Gasteiger partial charge on any atom is -0.368 e. The van der Waals surface area contributed by atoms with Crippen LogP contribution in [0.15, 0.2) is 78.9 Å². The zero-order chi connectivity index (χ0) is 28.6. The zero-order valence-corrected chi connectivity index (χ0v) is 23.4. The van der Waals surface area contributed by atoms with Crippen LogP contribution in [-0.4, -0.2) is 56.5 Å². The first-order valence-corrected chi connectivity index (χ1v) is 14.3. The Bertz CT molecular complexity index is 1740. The lowest BCUT2D eigenvalue weighted by atomic mass is 10.0. The quantitative estimate of drug-likeness (QED) is 0.303. The molecule has 1 unspecified atom stereocenters. The number of aryl methyl sites for hydroxylation is 2. The number of nitrogens with zero attached hydrogens (tertiary/aromatic N) is 7. The van der Waals surface area contributed by atoms with Gasteiger partial charge >= 0.3 is 0 Å². The van der Waals surface area contributed by atoms with E-state index in [-0.39, 0.29) is 23.8 Å². The number of hydrogen-bond donors (Lipinski definition) is 2. The Balaban J connectivity index is 1.09. The Hall–Kier alpha value is -4.83. The Morgan fingerprint density at radius 3 is 2.57 bits per heavy atom. The number of nitrogen functional groups attached to an aromatic ring is 1. The standard InChI is InChI=1S/C32H32FN9/c1-40-16-17-41(20-28(40)22-9-3-2-4-10-22)27-15-14-24(19-26(27)33)35-32-36-31(34)42(39-32)29-18-23-12-7-11-21-8-5-6-13-25(21)30(23)38-37-29/h2-6,8-10,13-15,18-19,28H,7,11-12,16-17,20H2,1H3,(H3,34,35,36,39). The molecule has 10 heteroatoms. The summed E-state index contributed by atoms with van der Waals surface area (Å²) in [7, 11) is 2.12. The van der Waals surface area contributed by atoms with Gasteiger partial charge in [-0.15, -0.1) is 15.3 Å². The number of piperazine rings is 1. The third-order valence-electron chi connectivity index (χ3n) is 8.25. The van der Waals surface area contributed by atoms with Crippen molar-refractivity contribution in [3.63, 3.8) is 0 Å². The van der Waals surface area contributed by atoms with Gasteiger partial charge in [0.25, 0.3) is 0 Å². The van der Waals surface area contributed by atoms with Crippen molar-refractivity contribution < 1.29 is 4.39 Å². The van der Waals surface area contributed by atoms with E-state index in [2.05, 4.69) is 72.8 Å². The second kappa shape index (κ2) is 10.9. The van der Waals surface area contributed by atoms with Gasteiger partial charge < -0.3 is 16.0 Å². The molecule has 1 atom stereocenters. The van der Waals surface area contributed by atoms with E-state index >= 15 is 4.39 Å². The number of fused-ring (bicyclic) bond motifs is 3. The van der Waals surface area contributed by atoms with E-state index in [9.17, 15) is 0 Å². The molecular formula is C32H32FN9. The lowest BCUT2D eigenvalue weighted by molar-refractivity contribution is 0.220. The maximum absolute atomic E-state index is 15.4. The van der Waals surface area contributed by atoms with Gasteiger partial charge in [0.2, 0.25) is 11.9 Å². The maximum Gasteiger partial charge on any atom is 0.248 e. The lowest BCUT2D eigenvalue weighted by Gasteiger charge is -2.41. The van der Waals surface area contributed by atoms with Crippen molar-refractivity contribution >= 4 is 23.3 Å². The SMILES string of the molecule is CN1CCN(c2ccc(Nc3nc(N)n(-c4cc5c(nn4)-c4ccccc4CCC5)n3)cc2F)CC1c1ccccc1. The fourth-order valence-electron chi connectivity index (χ4n) is 6.02. The molecule has 9 nitrogen and oxygen atoms in total. The number of aromatic nitrogens is 5. The van der Waals surface area contributed by atoms with Crippen molar-refractivity contribution in [1.29, 1.82) is 0 Å². The van der Waals surface area contributed by atoms with Crippen LogP contribution in [0.3, 0.4) is 0 Å². The summed E-state index contributed by atoms with van der Waals surface area (Å²) in [6, 6.07) is 26.0. The first-order chi connectivity index (χ1) is 20.5. The number of nitrogens with two attached hydrogens (primary N) is 1. The van der Waals surface area contributed by atoms with E-state index < -0.39 is 0 Å². The van der Waals surface area contributed by atoms with Gasteiger partial charge in [-0.05, 0) is 67.3 Å². The summed E-state index contributed by atoms with van der Waals surface area (Å²) in [6.07, 6.45) is 2.91. The molecule has 3 heterocycles. The van der Waals surface area contributed by atoms with Crippen molar-refractivity contribution in [2.45, 2.75) is 25.3 Å². The van der Waals surface area contributed by atoms with Gasteiger partial charge in [-0.3, -0.25) is 4.90 Å². The van der Waals surface area contributed by atoms with Gasteiger partial charge in [-0.25, -0.2) is 4.39 Å². The van der Waals surface area contributed by atoms with Gasteiger partial charge in [0, 0.05) is 30.9 Å². The van der Waals surface area contributed by atoms with E-state index in [1.807, 2.05) is 36.4 Å². The van der Waals surface area contributed by atoms with Crippen molar-refractivity contribution in [3.8, 4) is 17.1 Å². The minimum absolute atomic E-state index is 0.169. The first-order valence-electron chi connectivity index (χ1n) is 14.3. The molecule has 0 saturated carbocycles. The molecule has 0 amide bonds. The molecule has 1 saturated heterocycles. The summed E-state index contributed by atoms with van der Waals surface area (Å²) in [5, 5.41) is 16.6. The van der Waals surface area contributed by atoms with Gasteiger partial charge in [0.15, 0.2) is 5.82 Å². The topological polar surface area (TPSA) is 101 Å². The number of anilines is 4. The third-order valence-corrected chi connectivity index (χ3v) is 8.25. The number of rotatable bonds is 5. The molecular weight excluding hydrogens is 529 g/mol. The minimum atomic E-state index is -0.305. The van der Waals surface area contributed by atoms with Crippen molar-refractivity contribution in [2.75, 3.05) is 42.6 Å². The summed E-state index contributed by atoms with van der Waals surface area (Å²) >= 11 is 0. The highest BCUT2D eigenvalue weighted by Crippen LogP contribution is 2.33. The molecule has 5 aromatic rings. The van der Waals surface area contributed by atoms with E-state index in [4.69, 9.17) is 5.73 Å². The molecule has 212 valence electrons. The highest BCUT2D eigenvalue weighted by molar-refractivity contribution is 5.68. The average molecular weight is 562 g/mol. The molecule has 1 aliphatic heterocycles. The maximum atomic E-state index is 15.4. The second-order valence-electron chi connectivity index (χ2n) is 10.9. The zero-order valence-electron chi connectivity index (χ0n) is 23.4. The molecule has 3 aromatic carbocycles. The Kier molecular flexibility index (Phi) is 6.75. The average Bonchev–Trinajstić information content (AvgIpc) is 3.27. The molecule has 7 rings (SSSR count). The normalized spacial score (nSPS) is 16.9. The predicted molar refractivity (Wildman–Crippen MR) is 163 cm³/mol. The molecule has 0 spiro atoms. The van der Waals surface area contributed by atoms with E-state index in [1.54, 1.807) is 6.07 Å². The molecule has 0 bridgehead atoms. The monoisotopic (exact) mass is 561 g/mol. The molecule has 1 aliphatic carbocycles. The van der Waals surface area contributed by atoms with Gasteiger partial charge in [0.1, 0.15) is 5.82 Å². The summed E-state index contributed by atoms with van der Waals surface area (Å²) in [5.74, 6) is 0.615. The molecule has 2 aliphatic rings. The Labute approximate surface area is 243 Å². The number of likely N-dealkylation sites (N-methyl/N-ethyl adjacent to an activating group) is 1. The highest BCUT2D eigenvalue weighted by atomic mass is 19.1. The van der Waals surface area contributed by atoms with Gasteiger partial charge in [-0.1, -0.05) is 54.6 Å². The molecule has 1 fully saturated rings. The summed E-state index contributed by atoms with van der Waals surface area (Å²) in [6.45, 7) is 2.30. The van der Waals surface area contributed by atoms with Crippen LogP contribution in [0.4, 0.5) is 27.7 Å². The predicted octanol–water partition coefficient (Wildman–Crippen LogP) is 5.17. The van der Waals surface area contributed by atoms with E-state index in [1.165, 1.54) is 21.9 Å². The smallest absolute Gasteiger partial charge is 0.248 e. The van der Waals surface area contributed by atoms with Crippen LogP contribution in [0.25, 0.3) is 17.1 Å². The highest BCUT2D eigenvalue weighted by Gasteiger charge is 2.27. The Morgan fingerprint density at radius 1 is 0.905 bits per heavy atom. The fourth-order valence-corrected chi connectivity index (χ4v) is 6.02. The van der Waals surface area contributed by atoms with Crippen LogP contribution in [0, 0.1) is 5.82 Å². The molecule has 42 heavy (non-hydrogen) atoms. The molecule has 3 N–H and O–H groups in total. The number of hydrogen-bond acceptors (Lipinski definition) is 8. The third kappa shape index (κ3) is 4.94. The van der Waals surface area contributed by atoms with E-state index in [0.29, 0.717) is 23.7 Å². The van der Waals surface area contributed by atoms with Crippen molar-refractivity contribution in [2.24, 2.45) is 0 Å². The van der Waals surface area contributed by atoms with Gasteiger partial charge in [-0.2, -0.15) is 9.67 Å². The molecule has 0 radical (unpaired) electrons. The van der Waals surface area contributed by atoms with E-state index in [0.717, 1.165) is 49.2 Å². The van der Waals surface area contributed by atoms with Crippen LogP contribution < -0.4 is 16.0 Å². The fraction of sp³-hybridized carbons (Fsp3) is 0.250. The van der Waals surface area contributed by atoms with Gasteiger partial charge in [0.05, 0.1) is 17.4 Å². The van der Waals surface area contributed by atoms with Crippen LogP contribution in [-0.2, 0) is 12.8 Å².